The first kappa shape index (κ1) is 12.5. The number of nitrogens with zero attached hydrogens (tertiary/aromatic N) is 1. The highest BCUT2D eigenvalue weighted by Gasteiger charge is 2.29. The number of methoxy groups -OCH3 is 1. The maximum absolute atomic E-state index is 11.2. The van der Waals surface area contributed by atoms with E-state index in [2.05, 4.69) is 35.8 Å². The van der Waals surface area contributed by atoms with Gasteiger partial charge in [0.1, 0.15) is 0 Å². The number of nitrogens with one attached hydrogen (secondary N) is 1. The highest BCUT2D eigenvalue weighted by molar-refractivity contribution is 5.69. The van der Waals surface area contributed by atoms with E-state index in [1.165, 1.54) is 7.11 Å². The second-order valence-corrected chi connectivity index (χ2v) is 4.87. The predicted molar refractivity (Wildman–Crippen MR) is 59.7 cm³/mol. The van der Waals surface area contributed by atoms with Crippen LogP contribution in [0.3, 0.4) is 0 Å². The minimum absolute atomic E-state index is 0.138. The molecule has 1 fully saturated rings. The first-order chi connectivity index (χ1) is 6.95. The molecule has 0 aliphatic carbocycles. The Kier molecular flexibility index (Phi) is 4.11. The molecule has 4 nitrogen and oxygen atoms in total. The standard InChI is InChI=1S/C11H22N2O2/c1-11(2)5-6-12-9(8-13(11)3)7-10(14)15-4/h9,12H,5-8H2,1-4H3. The third-order valence-corrected chi connectivity index (χ3v) is 3.34. The fourth-order valence-corrected chi connectivity index (χ4v) is 1.84. The van der Waals surface area contributed by atoms with E-state index in [0.29, 0.717) is 6.42 Å². The molecule has 0 bridgehead atoms. The lowest BCUT2D eigenvalue weighted by molar-refractivity contribution is -0.141. The topological polar surface area (TPSA) is 41.6 Å². The maximum atomic E-state index is 11.2. The Morgan fingerprint density at radius 2 is 2.27 bits per heavy atom. The molecule has 88 valence electrons. The van der Waals surface area contributed by atoms with Crippen LogP contribution in [0.15, 0.2) is 0 Å². The molecule has 0 aromatic rings. The van der Waals surface area contributed by atoms with Gasteiger partial charge in [-0.2, -0.15) is 0 Å². The third kappa shape index (κ3) is 3.47. The molecular weight excluding hydrogens is 192 g/mol. The number of likely N-dealkylation sites (N-methyl/N-ethyl adjacent to an activating group) is 1. The van der Waals surface area contributed by atoms with Crippen molar-refractivity contribution in [3.63, 3.8) is 0 Å². The van der Waals surface area contributed by atoms with Gasteiger partial charge in [0, 0.05) is 18.1 Å². The summed E-state index contributed by atoms with van der Waals surface area (Å²) in [6.45, 7) is 6.31. The smallest absolute Gasteiger partial charge is 0.307 e. The minimum Gasteiger partial charge on any atom is -0.469 e. The zero-order valence-corrected chi connectivity index (χ0v) is 10.2. The molecule has 1 N–H and O–H groups in total. The van der Waals surface area contributed by atoms with Gasteiger partial charge in [0.15, 0.2) is 0 Å². The van der Waals surface area contributed by atoms with Crippen molar-refractivity contribution in [3.8, 4) is 0 Å². The summed E-state index contributed by atoms with van der Waals surface area (Å²) < 4.78 is 4.68. The van der Waals surface area contributed by atoms with Crippen molar-refractivity contribution in [2.24, 2.45) is 0 Å². The van der Waals surface area contributed by atoms with Crippen LogP contribution in [0, 0.1) is 0 Å². The average Bonchev–Trinajstić information content (AvgIpc) is 2.27. The summed E-state index contributed by atoms with van der Waals surface area (Å²) in [5.41, 5.74) is 0.206. The Morgan fingerprint density at radius 3 is 2.87 bits per heavy atom. The summed E-state index contributed by atoms with van der Waals surface area (Å²) in [7, 11) is 3.55. The summed E-state index contributed by atoms with van der Waals surface area (Å²) in [4.78, 5) is 13.5. The Balaban J connectivity index is 2.53. The highest BCUT2D eigenvalue weighted by atomic mass is 16.5. The fourth-order valence-electron chi connectivity index (χ4n) is 1.84. The first-order valence-corrected chi connectivity index (χ1v) is 5.47. The van der Waals surface area contributed by atoms with E-state index in [1.54, 1.807) is 0 Å². The minimum atomic E-state index is -0.138. The van der Waals surface area contributed by atoms with Crippen LogP contribution < -0.4 is 5.32 Å². The van der Waals surface area contributed by atoms with Crippen LogP contribution in [0.5, 0.6) is 0 Å². The van der Waals surface area contributed by atoms with E-state index in [0.717, 1.165) is 19.5 Å². The summed E-state index contributed by atoms with van der Waals surface area (Å²) >= 11 is 0. The number of hydrogen-bond acceptors (Lipinski definition) is 4. The van der Waals surface area contributed by atoms with Gasteiger partial charge in [0.05, 0.1) is 13.5 Å². The van der Waals surface area contributed by atoms with Gasteiger partial charge >= 0.3 is 5.97 Å². The molecule has 15 heavy (non-hydrogen) atoms. The zero-order chi connectivity index (χ0) is 11.5. The monoisotopic (exact) mass is 214 g/mol. The molecule has 1 aliphatic rings. The van der Waals surface area contributed by atoms with E-state index in [4.69, 9.17) is 0 Å². The molecule has 1 atom stereocenters. The summed E-state index contributed by atoms with van der Waals surface area (Å²) in [6, 6.07) is 0.212. The molecule has 1 saturated heterocycles. The van der Waals surface area contributed by atoms with Crippen molar-refractivity contribution in [3.05, 3.63) is 0 Å². The number of rotatable bonds is 2. The SMILES string of the molecule is COC(=O)CC1CN(C)C(C)(C)CCN1. The number of ether oxygens (including phenoxy) is 1. The van der Waals surface area contributed by atoms with E-state index in [-0.39, 0.29) is 17.6 Å². The molecule has 0 amide bonds. The van der Waals surface area contributed by atoms with Crippen LogP contribution in [-0.2, 0) is 9.53 Å². The Labute approximate surface area is 92.0 Å². The lowest BCUT2D eigenvalue weighted by atomic mass is 9.99. The van der Waals surface area contributed by atoms with Gasteiger partial charge in [-0.25, -0.2) is 0 Å². The maximum Gasteiger partial charge on any atom is 0.307 e. The molecule has 1 heterocycles. The Morgan fingerprint density at radius 1 is 1.60 bits per heavy atom. The number of hydrogen-bond donors (Lipinski definition) is 1. The fraction of sp³-hybridized carbons (Fsp3) is 0.909. The molecule has 1 aliphatic heterocycles. The van der Waals surface area contributed by atoms with Crippen LogP contribution in [0.2, 0.25) is 0 Å². The molecular formula is C11H22N2O2. The zero-order valence-electron chi connectivity index (χ0n) is 10.2. The van der Waals surface area contributed by atoms with E-state index < -0.39 is 0 Å². The molecule has 0 radical (unpaired) electrons. The summed E-state index contributed by atoms with van der Waals surface area (Å²) in [6.07, 6.45) is 1.55. The van der Waals surface area contributed by atoms with Gasteiger partial charge in [0.25, 0.3) is 0 Å². The van der Waals surface area contributed by atoms with Crippen LogP contribution in [-0.4, -0.2) is 49.7 Å². The lowest BCUT2D eigenvalue weighted by Crippen LogP contribution is -2.44. The van der Waals surface area contributed by atoms with Crippen molar-refractivity contribution in [2.75, 3.05) is 27.2 Å². The molecule has 0 aromatic carbocycles. The predicted octanol–water partition coefficient (Wildman–Crippen LogP) is 0.622. The van der Waals surface area contributed by atoms with Crippen molar-refractivity contribution >= 4 is 5.97 Å². The molecule has 0 aromatic heterocycles. The van der Waals surface area contributed by atoms with Gasteiger partial charge in [-0.3, -0.25) is 9.69 Å². The molecule has 0 saturated carbocycles. The van der Waals surface area contributed by atoms with Crippen molar-refractivity contribution in [2.45, 2.75) is 38.3 Å². The van der Waals surface area contributed by atoms with E-state index >= 15 is 0 Å². The first-order valence-electron chi connectivity index (χ1n) is 5.47. The highest BCUT2D eigenvalue weighted by Crippen LogP contribution is 2.19. The molecule has 1 unspecified atom stereocenters. The van der Waals surface area contributed by atoms with Gasteiger partial charge < -0.3 is 10.1 Å². The normalized spacial score (nSPS) is 27.1. The number of carbonyl (C=O) groups excluding carboxylic acids is 1. The van der Waals surface area contributed by atoms with Gasteiger partial charge in [-0.05, 0) is 33.9 Å². The second kappa shape index (κ2) is 4.94. The van der Waals surface area contributed by atoms with Crippen LogP contribution >= 0.6 is 0 Å². The number of carbonyl (C=O) groups is 1. The summed E-state index contributed by atoms with van der Waals surface area (Å²) in [5.74, 6) is -0.138. The van der Waals surface area contributed by atoms with Crippen LogP contribution in [0.25, 0.3) is 0 Å². The van der Waals surface area contributed by atoms with Gasteiger partial charge in [-0.1, -0.05) is 0 Å². The molecule has 0 spiro atoms. The number of esters is 1. The Hall–Kier alpha value is -0.610. The third-order valence-electron chi connectivity index (χ3n) is 3.34. The van der Waals surface area contributed by atoms with Gasteiger partial charge in [-0.15, -0.1) is 0 Å². The van der Waals surface area contributed by atoms with Crippen molar-refractivity contribution in [1.29, 1.82) is 0 Å². The largest absolute Gasteiger partial charge is 0.469 e. The van der Waals surface area contributed by atoms with E-state index in [1.807, 2.05) is 0 Å². The molecule has 4 heteroatoms. The van der Waals surface area contributed by atoms with Crippen LogP contribution in [0.1, 0.15) is 26.7 Å². The second-order valence-electron chi connectivity index (χ2n) is 4.87. The average molecular weight is 214 g/mol. The van der Waals surface area contributed by atoms with Crippen molar-refractivity contribution in [1.82, 2.24) is 10.2 Å². The lowest BCUT2D eigenvalue weighted by Gasteiger charge is -2.34. The quantitative estimate of drug-likeness (QED) is 0.684. The summed E-state index contributed by atoms with van der Waals surface area (Å²) in [5, 5.41) is 3.39. The van der Waals surface area contributed by atoms with Crippen LogP contribution in [0.4, 0.5) is 0 Å². The van der Waals surface area contributed by atoms with E-state index in [9.17, 15) is 4.79 Å². The van der Waals surface area contributed by atoms with Gasteiger partial charge in [0.2, 0.25) is 0 Å². The van der Waals surface area contributed by atoms with Crippen molar-refractivity contribution < 1.29 is 9.53 Å². The Bertz CT molecular complexity index is 229. The molecule has 1 rings (SSSR count).